The molecule has 0 unspecified atom stereocenters. The van der Waals surface area contributed by atoms with E-state index in [1.165, 1.54) is 0 Å². The van der Waals surface area contributed by atoms with Crippen LogP contribution in [0.25, 0.3) is 32.7 Å². The first kappa shape index (κ1) is 13.6. The third-order valence-electron chi connectivity index (χ3n) is 4.30. The molecule has 2 nitrogen and oxygen atoms in total. The number of rotatable bonds is 2. The minimum absolute atomic E-state index is 0.308. The Morgan fingerprint density at radius 1 is 0.609 bits per heavy atom. The van der Waals surface area contributed by atoms with Crippen molar-refractivity contribution >= 4 is 21.5 Å². The van der Waals surface area contributed by atoms with E-state index in [0.29, 0.717) is 5.75 Å². The third-order valence-corrected chi connectivity index (χ3v) is 4.30. The van der Waals surface area contributed by atoms with Gasteiger partial charge in [-0.3, -0.25) is 0 Å². The van der Waals surface area contributed by atoms with Gasteiger partial charge in [0.05, 0.1) is 7.11 Å². The Hall–Kier alpha value is -3.00. The molecule has 0 aliphatic rings. The topological polar surface area (TPSA) is 29.5 Å². The highest BCUT2D eigenvalue weighted by Crippen LogP contribution is 2.39. The van der Waals surface area contributed by atoms with Gasteiger partial charge in [-0.1, -0.05) is 60.7 Å². The van der Waals surface area contributed by atoms with Crippen LogP contribution in [0, 0.1) is 0 Å². The molecule has 2 heteroatoms. The van der Waals surface area contributed by atoms with Gasteiger partial charge in [-0.15, -0.1) is 0 Å². The van der Waals surface area contributed by atoms with Gasteiger partial charge in [0.1, 0.15) is 11.5 Å². The highest BCUT2D eigenvalue weighted by Gasteiger charge is 2.11. The van der Waals surface area contributed by atoms with Gasteiger partial charge in [-0.25, -0.2) is 0 Å². The average Bonchev–Trinajstić information content (AvgIpc) is 2.62. The molecule has 4 aromatic rings. The van der Waals surface area contributed by atoms with Gasteiger partial charge < -0.3 is 9.84 Å². The van der Waals surface area contributed by atoms with Crippen molar-refractivity contribution in [2.75, 3.05) is 7.11 Å². The van der Waals surface area contributed by atoms with Crippen molar-refractivity contribution in [1.29, 1.82) is 0 Å². The van der Waals surface area contributed by atoms with Crippen molar-refractivity contribution in [2.24, 2.45) is 0 Å². The van der Waals surface area contributed by atoms with E-state index >= 15 is 0 Å². The molecule has 0 saturated carbocycles. The number of hydrogen-bond acceptors (Lipinski definition) is 2. The molecule has 23 heavy (non-hydrogen) atoms. The molecule has 4 aromatic carbocycles. The van der Waals surface area contributed by atoms with Crippen LogP contribution in [0.1, 0.15) is 0 Å². The summed E-state index contributed by atoms with van der Waals surface area (Å²) in [4.78, 5) is 0. The van der Waals surface area contributed by atoms with Crippen LogP contribution in [-0.4, -0.2) is 12.2 Å². The minimum Gasteiger partial charge on any atom is -0.507 e. The normalized spacial score (nSPS) is 11.0. The first-order chi connectivity index (χ1) is 11.3. The zero-order chi connectivity index (χ0) is 15.8. The first-order valence-electron chi connectivity index (χ1n) is 7.56. The fourth-order valence-electron chi connectivity index (χ4n) is 3.20. The number of methoxy groups -OCH3 is 1. The zero-order valence-corrected chi connectivity index (χ0v) is 12.8. The molecule has 0 aliphatic carbocycles. The van der Waals surface area contributed by atoms with Crippen molar-refractivity contribution < 1.29 is 9.84 Å². The minimum atomic E-state index is 0.308. The molecule has 0 radical (unpaired) electrons. The zero-order valence-electron chi connectivity index (χ0n) is 12.8. The lowest BCUT2D eigenvalue weighted by Crippen LogP contribution is -1.88. The Morgan fingerprint density at radius 2 is 1.13 bits per heavy atom. The lowest BCUT2D eigenvalue weighted by atomic mass is 9.93. The average molecular weight is 300 g/mol. The predicted molar refractivity (Wildman–Crippen MR) is 95.1 cm³/mol. The number of ether oxygens (including phenoxy) is 1. The Labute approximate surface area is 134 Å². The highest BCUT2D eigenvalue weighted by molar-refractivity contribution is 6.08. The number of aromatic hydroxyl groups is 1. The Morgan fingerprint density at radius 3 is 1.78 bits per heavy atom. The summed E-state index contributed by atoms with van der Waals surface area (Å²) in [5, 5.41) is 14.3. The summed E-state index contributed by atoms with van der Waals surface area (Å²) in [6, 6.07) is 24.0. The molecule has 1 N–H and O–H groups in total. The molecular formula is C21H16O2. The van der Waals surface area contributed by atoms with Gasteiger partial charge in [-0.05, 0) is 34.0 Å². The summed E-state index contributed by atoms with van der Waals surface area (Å²) < 4.78 is 5.48. The van der Waals surface area contributed by atoms with E-state index in [0.717, 1.165) is 38.4 Å². The molecular weight excluding hydrogens is 284 g/mol. The fourth-order valence-corrected chi connectivity index (χ4v) is 3.20. The van der Waals surface area contributed by atoms with E-state index in [-0.39, 0.29) is 0 Å². The maximum atomic E-state index is 10.1. The summed E-state index contributed by atoms with van der Waals surface area (Å²) in [7, 11) is 1.69. The molecule has 0 amide bonds. The van der Waals surface area contributed by atoms with Crippen LogP contribution in [0.3, 0.4) is 0 Å². The predicted octanol–water partition coefficient (Wildman–Crippen LogP) is 5.37. The summed E-state index contributed by atoms with van der Waals surface area (Å²) in [5.74, 6) is 1.18. The van der Waals surface area contributed by atoms with Crippen LogP contribution >= 0.6 is 0 Å². The van der Waals surface area contributed by atoms with Gasteiger partial charge in [0.25, 0.3) is 0 Å². The number of hydrogen-bond donors (Lipinski definition) is 1. The van der Waals surface area contributed by atoms with Crippen LogP contribution in [-0.2, 0) is 0 Å². The van der Waals surface area contributed by atoms with E-state index in [2.05, 4.69) is 18.2 Å². The van der Waals surface area contributed by atoms with Gasteiger partial charge in [-0.2, -0.15) is 0 Å². The van der Waals surface area contributed by atoms with Crippen LogP contribution in [0.5, 0.6) is 11.5 Å². The first-order valence-corrected chi connectivity index (χ1v) is 7.56. The molecule has 0 aliphatic heterocycles. The van der Waals surface area contributed by atoms with E-state index in [4.69, 9.17) is 4.74 Å². The summed E-state index contributed by atoms with van der Waals surface area (Å²) in [6.45, 7) is 0. The second-order valence-electron chi connectivity index (χ2n) is 5.54. The third kappa shape index (κ3) is 2.11. The molecule has 0 spiro atoms. The number of phenolic OH excluding ortho intramolecular Hbond substituents is 1. The SMILES string of the molecule is COc1ccc(-c2ccc(O)c3ccccc23)c2ccccc12. The molecule has 0 heterocycles. The van der Waals surface area contributed by atoms with E-state index in [1.54, 1.807) is 13.2 Å². The summed E-state index contributed by atoms with van der Waals surface area (Å²) in [6.07, 6.45) is 0. The second-order valence-corrected chi connectivity index (χ2v) is 5.54. The van der Waals surface area contributed by atoms with Gasteiger partial charge in [0.15, 0.2) is 0 Å². The molecule has 0 fully saturated rings. The van der Waals surface area contributed by atoms with Crippen LogP contribution in [0.4, 0.5) is 0 Å². The lowest BCUT2D eigenvalue weighted by Gasteiger charge is -2.13. The maximum absolute atomic E-state index is 10.1. The van der Waals surface area contributed by atoms with Crippen molar-refractivity contribution in [2.45, 2.75) is 0 Å². The van der Waals surface area contributed by atoms with Gasteiger partial charge in [0.2, 0.25) is 0 Å². The summed E-state index contributed by atoms with van der Waals surface area (Å²) >= 11 is 0. The van der Waals surface area contributed by atoms with Crippen molar-refractivity contribution in [3.8, 4) is 22.6 Å². The standard InChI is InChI=1S/C21H16O2/c1-23-21-13-11-17(15-7-3-5-9-19(15)21)16-10-12-20(22)18-8-4-2-6-14(16)18/h2-13,22H,1H3. The molecule has 4 rings (SSSR count). The Kier molecular flexibility index (Phi) is 3.16. The number of fused-ring (bicyclic) bond motifs is 2. The molecule has 112 valence electrons. The smallest absolute Gasteiger partial charge is 0.126 e. The lowest BCUT2D eigenvalue weighted by molar-refractivity contribution is 0.420. The van der Waals surface area contributed by atoms with Gasteiger partial charge in [0, 0.05) is 10.8 Å². The monoisotopic (exact) mass is 300 g/mol. The Bertz CT molecular complexity index is 1020. The highest BCUT2D eigenvalue weighted by atomic mass is 16.5. The van der Waals surface area contributed by atoms with Crippen molar-refractivity contribution in [3.63, 3.8) is 0 Å². The van der Waals surface area contributed by atoms with E-state index in [1.807, 2.05) is 48.5 Å². The quantitative estimate of drug-likeness (QED) is 0.539. The molecule has 0 aromatic heterocycles. The van der Waals surface area contributed by atoms with Crippen LogP contribution in [0.2, 0.25) is 0 Å². The molecule has 0 saturated heterocycles. The maximum Gasteiger partial charge on any atom is 0.126 e. The van der Waals surface area contributed by atoms with Crippen molar-refractivity contribution in [1.82, 2.24) is 0 Å². The van der Waals surface area contributed by atoms with E-state index < -0.39 is 0 Å². The Balaban J connectivity index is 2.10. The summed E-state index contributed by atoms with van der Waals surface area (Å²) in [5.41, 5.74) is 2.25. The number of phenols is 1. The molecule has 0 atom stereocenters. The van der Waals surface area contributed by atoms with Crippen molar-refractivity contribution in [3.05, 3.63) is 72.8 Å². The van der Waals surface area contributed by atoms with Crippen LogP contribution < -0.4 is 4.74 Å². The van der Waals surface area contributed by atoms with Gasteiger partial charge >= 0.3 is 0 Å². The fraction of sp³-hybridized carbons (Fsp3) is 0.0476. The van der Waals surface area contributed by atoms with Crippen LogP contribution in [0.15, 0.2) is 72.8 Å². The largest absolute Gasteiger partial charge is 0.507 e. The second kappa shape index (κ2) is 5.33. The van der Waals surface area contributed by atoms with E-state index in [9.17, 15) is 5.11 Å². The number of benzene rings is 4. The molecule has 0 bridgehead atoms.